The SMILES string of the molecule is CCS(=O)(=O)NC(C(=O)O)C(O)c1ccccc1. The first-order valence-electron chi connectivity index (χ1n) is 5.33. The van der Waals surface area contributed by atoms with Crippen LogP contribution in [0, 0.1) is 0 Å². The number of carbonyl (C=O) groups is 1. The molecule has 0 aliphatic carbocycles. The van der Waals surface area contributed by atoms with Crippen molar-refractivity contribution in [1.29, 1.82) is 0 Å². The van der Waals surface area contributed by atoms with Gasteiger partial charge in [0.15, 0.2) is 0 Å². The Morgan fingerprint density at radius 2 is 1.89 bits per heavy atom. The Labute approximate surface area is 105 Å². The topological polar surface area (TPSA) is 104 Å². The van der Waals surface area contributed by atoms with Crippen LogP contribution in [0.1, 0.15) is 18.6 Å². The van der Waals surface area contributed by atoms with Gasteiger partial charge in [-0.2, -0.15) is 4.72 Å². The van der Waals surface area contributed by atoms with Gasteiger partial charge < -0.3 is 10.2 Å². The summed E-state index contributed by atoms with van der Waals surface area (Å²) in [5, 5.41) is 18.9. The van der Waals surface area contributed by atoms with Crippen molar-refractivity contribution in [3.05, 3.63) is 35.9 Å². The lowest BCUT2D eigenvalue weighted by Crippen LogP contribution is -2.45. The minimum absolute atomic E-state index is 0.252. The fraction of sp³-hybridized carbons (Fsp3) is 0.364. The molecule has 2 unspecified atom stereocenters. The van der Waals surface area contributed by atoms with Crippen LogP contribution >= 0.6 is 0 Å². The molecule has 1 aromatic carbocycles. The Bertz CT molecular complexity index is 499. The number of hydrogen-bond acceptors (Lipinski definition) is 4. The van der Waals surface area contributed by atoms with Crippen LogP contribution in [0.5, 0.6) is 0 Å². The first-order chi connectivity index (χ1) is 8.37. The lowest BCUT2D eigenvalue weighted by molar-refractivity contribution is -0.141. The van der Waals surface area contributed by atoms with Gasteiger partial charge >= 0.3 is 5.97 Å². The van der Waals surface area contributed by atoms with Crippen molar-refractivity contribution in [3.63, 3.8) is 0 Å². The summed E-state index contributed by atoms with van der Waals surface area (Å²) in [5.41, 5.74) is 0.337. The van der Waals surface area contributed by atoms with Crippen molar-refractivity contribution in [2.45, 2.75) is 19.1 Å². The first kappa shape index (κ1) is 14.6. The summed E-state index contributed by atoms with van der Waals surface area (Å²) in [6, 6.07) is 6.43. The van der Waals surface area contributed by atoms with Crippen LogP contribution in [-0.4, -0.2) is 36.4 Å². The molecule has 0 bridgehead atoms. The predicted octanol–water partition coefficient (Wildman–Crippen LogP) is 0.113. The van der Waals surface area contributed by atoms with E-state index in [2.05, 4.69) is 0 Å². The molecule has 0 heterocycles. The van der Waals surface area contributed by atoms with Crippen molar-refractivity contribution in [2.75, 3.05) is 5.75 Å². The highest BCUT2D eigenvalue weighted by atomic mass is 32.2. The van der Waals surface area contributed by atoms with E-state index >= 15 is 0 Å². The number of carboxylic acid groups (broad SMARTS) is 1. The molecular formula is C11H15NO5S. The van der Waals surface area contributed by atoms with E-state index in [4.69, 9.17) is 5.11 Å². The average molecular weight is 273 g/mol. The molecule has 2 atom stereocenters. The summed E-state index contributed by atoms with van der Waals surface area (Å²) in [6.45, 7) is 1.39. The van der Waals surface area contributed by atoms with Gasteiger partial charge in [0.1, 0.15) is 12.1 Å². The Morgan fingerprint density at radius 1 is 1.33 bits per heavy atom. The molecule has 3 N–H and O–H groups in total. The number of sulfonamides is 1. The van der Waals surface area contributed by atoms with Crippen LogP contribution in [-0.2, 0) is 14.8 Å². The van der Waals surface area contributed by atoms with Crippen molar-refractivity contribution in [3.8, 4) is 0 Å². The molecule has 100 valence electrons. The van der Waals surface area contributed by atoms with Gasteiger partial charge in [-0.1, -0.05) is 30.3 Å². The molecule has 1 aromatic rings. The minimum atomic E-state index is -3.71. The number of hydrogen-bond donors (Lipinski definition) is 3. The van der Waals surface area contributed by atoms with Gasteiger partial charge in [-0.15, -0.1) is 0 Å². The number of aliphatic carboxylic acids is 1. The summed E-state index contributed by atoms with van der Waals surface area (Å²) in [6.07, 6.45) is -1.44. The standard InChI is InChI=1S/C11H15NO5S/c1-2-18(16,17)12-9(11(14)15)10(13)8-6-4-3-5-7-8/h3-7,9-10,12-13H,2H2,1H3,(H,14,15). The molecule has 0 saturated heterocycles. The molecule has 7 heteroatoms. The Balaban J connectivity index is 2.97. The van der Waals surface area contributed by atoms with E-state index in [1.807, 2.05) is 4.72 Å². The molecule has 0 amide bonds. The lowest BCUT2D eigenvalue weighted by atomic mass is 10.0. The van der Waals surface area contributed by atoms with Gasteiger partial charge in [0.05, 0.1) is 5.75 Å². The zero-order chi connectivity index (χ0) is 13.8. The second-order valence-corrected chi connectivity index (χ2v) is 5.74. The van der Waals surface area contributed by atoms with Crippen molar-refractivity contribution >= 4 is 16.0 Å². The minimum Gasteiger partial charge on any atom is -0.480 e. The number of nitrogens with one attached hydrogen (secondary N) is 1. The predicted molar refractivity (Wildman–Crippen MR) is 65.4 cm³/mol. The van der Waals surface area contributed by atoms with Gasteiger partial charge in [0.2, 0.25) is 10.0 Å². The van der Waals surface area contributed by atoms with Gasteiger partial charge in [-0.05, 0) is 12.5 Å². The van der Waals surface area contributed by atoms with Gasteiger partial charge in [-0.3, -0.25) is 4.79 Å². The zero-order valence-corrected chi connectivity index (χ0v) is 10.6. The Kier molecular flexibility index (Phi) is 4.83. The average Bonchev–Trinajstić information content (AvgIpc) is 2.36. The maximum absolute atomic E-state index is 11.4. The van der Waals surface area contributed by atoms with Crippen LogP contribution < -0.4 is 4.72 Å². The molecule has 0 radical (unpaired) electrons. The van der Waals surface area contributed by atoms with Gasteiger partial charge in [0, 0.05) is 0 Å². The van der Waals surface area contributed by atoms with E-state index in [1.165, 1.54) is 19.1 Å². The fourth-order valence-corrected chi connectivity index (χ4v) is 2.15. The van der Waals surface area contributed by atoms with Crippen molar-refractivity contribution < 1.29 is 23.4 Å². The Hall–Kier alpha value is -1.44. The molecule has 18 heavy (non-hydrogen) atoms. The Morgan fingerprint density at radius 3 is 2.33 bits per heavy atom. The van der Waals surface area contributed by atoms with Crippen LogP contribution in [0.15, 0.2) is 30.3 Å². The molecule has 0 spiro atoms. The van der Waals surface area contributed by atoms with Crippen molar-refractivity contribution in [2.24, 2.45) is 0 Å². The van der Waals surface area contributed by atoms with Gasteiger partial charge in [-0.25, -0.2) is 8.42 Å². The van der Waals surface area contributed by atoms with Crippen LogP contribution in [0.4, 0.5) is 0 Å². The van der Waals surface area contributed by atoms with Crippen LogP contribution in [0.3, 0.4) is 0 Å². The van der Waals surface area contributed by atoms with Gasteiger partial charge in [0.25, 0.3) is 0 Å². The lowest BCUT2D eigenvalue weighted by Gasteiger charge is -2.20. The normalized spacial score (nSPS) is 15.0. The molecule has 6 nitrogen and oxygen atoms in total. The van der Waals surface area contributed by atoms with Crippen LogP contribution in [0.25, 0.3) is 0 Å². The zero-order valence-electron chi connectivity index (χ0n) is 9.78. The number of benzene rings is 1. The monoisotopic (exact) mass is 273 g/mol. The highest BCUT2D eigenvalue weighted by Crippen LogP contribution is 2.17. The molecule has 0 aliphatic rings. The summed E-state index contributed by atoms with van der Waals surface area (Å²) >= 11 is 0. The number of aliphatic hydroxyl groups excluding tert-OH is 1. The summed E-state index contributed by atoms with van der Waals surface area (Å²) in [7, 11) is -3.71. The summed E-state index contributed by atoms with van der Waals surface area (Å²) < 4.78 is 24.7. The first-order valence-corrected chi connectivity index (χ1v) is 6.98. The molecule has 0 aromatic heterocycles. The smallest absolute Gasteiger partial charge is 0.324 e. The number of rotatable bonds is 6. The second-order valence-electron chi connectivity index (χ2n) is 3.69. The molecule has 0 aliphatic heterocycles. The third-order valence-corrected chi connectivity index (χ3v) is 3.78. The fourth-order valence-electron chi connectivity index (χ4n) is 1.37. The van der Waals surface area contributed by atoms with E-state index in [-0.39, 0.29) is 5.75 Å². The van der Waals surface area contributed by atoms with E-state index in [1.54, 1.807) is 18.2 Å². The largest absolute Gasteiger partial charge is 0.480 e. The van der Waals surface area contributed by atoms with Crippen LogP contribution in [0.2, 0.25) is 0 Å². The molecular weight excluding hydrogens is 258 g/mol. The maximum atomic E-state index is 11.4. The van der Waals surface area contributed by atoms with E-state index in [0.29, 0.717) is 5.56 Å². The second kappa shape index (κ2) is 5.94. The third-order valence-electron chi connectivity index (χ3n) is 2.41. The number of carboxylic acids is 1. The number of aliphatic hydroxyl groups is 1. The highest BCUT2D eigenvalue weighted by Gasteiger charge is 2.31. The summed E-state index contributed by atoms with van der Waals surface area (Å²) in [4.78, 5) is 11.0. The maximum Gasteiger partial charge on any atom is 0.324 e. The van der Waals surface area contributed by atoms with E-state index in [0.717, 1.165) is 0 Å². The molecule has 0 fully saturated rings. The molecule has 1 rings (SSSR count). The van der Waals surface area contributed by atoms with E-state index in [9.17, 15) is 18.3 Å². The highest BCUT2D eigenvalue weighted by molar-refractivity contribution is 7.89. The van der Waals surface area contributed by atoms with E-state index < -0.39 is 28.1 Å². The quantitative estimate of drug-likeness (QED) is 0.682. The molecule has 0 saturated carbocycles. The third kappa shape index (κ3) is 3.80. The summed E-state index contributed by atoms with van der Waals surface area (Å²) in [5.74, 6) is -1.68. The van der Waals surface area contributed by atoms with Crippen molar-refractivity contribution in [1.82, 2.24) is 4.72 Å².